The van der Waals surface area contributed by atoms with E-state index in [4.69, 9.17) is 35.8 Å². The van der Waals surface area contributed by atoms with Gasteiger partial charge in [-0.15, -0.1) is 11.3 Å². The lowest BCUT2D eigenvalue weighted by Gasteiger charge is -2.35. The normalized spacial score (nSPS) is 27.5. The highest BCUT2D eigenvalue weighted by molar-refractivity contribution is 7.10. The third-order valence-corrected chi connectivity index (χ3v) is 13.9. The van der Waals surface area contributed by atoms with Gasteiger partial charge < -0.3 is 24.2 Å². The molecule has 0 bridgehead atoms. The van der Waals surface area contributed by atoms with Crippen LogP contribution in [-0.4, -0.2) is 75.5 Å². The van der Waals surface area contributed by atoms with E-state index in [0.29, 0.717) is 63.5 Å². The highest BCUT2D eigenvalue weighted by atomic mass is 35.5. The van der Waals surface area contributed by atoms with Gasteiger partial charge in [0.15, 0.2) is 5.78 Å². The van der Waals surface area contributed by atoms with Crippen LogP contribution in [0.5, 0.6) is 11.5 Å². The number of amides is 1. The van der Waals surface area contributed by atoms with E-state index in [9.17, 15) is 24.3 Å². The average molecular weight is 794 g/mol. The Morgan fingerprint density at radius 3 is 2.36 bits per heavy atom. The summed E-state index contributed by atoms with van der Waals surface area (Å²) < 4.78 is 18.1. The second-order valence-corrected chi connectivity index (χ2v) is 18.8. The summed E-state index contributed by atoms with van der Waals surface area (Å²) in [6.45, 7) is 11.9. The van der Waals surface area contributed by atoms with E-state index in [0.717, 1.165) is 17.8 Å². The molecule has 1 aliphatic heterocycles. The third kappa shape index (κ3) is 7.82. The number of aliphatic carboxylic acids is 1. The summed E-state index contributed by atoms with van der Waals surface area (Å²) in [4.78, 5) is 66.1. The maximum Gasteiger partial charge on any atom is 0.310 e. The van der Waals surface area contributed by atoms with E-state index < -0.39 is 40.8 Å². The fourth-order valence-corrected chi connectivity index (χ4v) is 10.0. The van der Waals surface area contributed by atoms with Crippen LogP contribution in [0.25, 0.3) is 22.3 Å². The molecular weight excluding hydrogens is 742 g/mol. The molecule has 13 heteroatoms. The second-order valence-electron chi connectivity index (χ2n) is 17.6. The number of carbonyl (C=O) groups excluding carboxylic acids is 3. The number of halogens is 1. The lowest BCUT2D eigenvalue weighted by molar-refractivity contribution is -0.157. The molecule has 296 valence electrons. The number of thiazole rings is 1. The maximum atomic E-state index is 14.7. The average Bonchev–Trinajstić information content (AvgIpc) is 3.77. The number of nitrogens with zero attached hydrogens (tertiary/aromatic N) is 3. The summed E-state index contributed by atoms with van der Waals surface area (Å²) in [7, 11) is 1.53. The highest BCUT2D eigenvalue weighted by Gasteiger charge is 2.61. The van der Waals surface area contributed by atoms with Crippen molar-refractivity contribution in [3.63, 3.8) is 0 Å². The predicted octanol–water partition coefficient (Wildman–Crippen LogP) is 8.35. The molecule has 11 nitrogen and oxygen atoms in total. The largest absolute Gasteiger partial charge is 0.495 e. The number of hydrogen-bond donors (Lipinski definition) is 1. The number of Topliss-reactive ketones (excluding diaryl/α,β-unsaturated/α-hetero) is 1. The number of fused-ring (bicyclic) bond motifs is 2. The molecule has 7 rings (SSSR count). The van der Waals surface area contributed by atoms with Gasteiger partial charge in [0.25, 0.3) is 0 Å². The van der Waals surface area contributed by atoms with Crippen LogP contribution in [0.4, 0.5) is 0 Å². The minimum absolute atomic E-state index is 0.0668. The highest BCUT2D eigenvalue weighted by Crippen LogP contribution is 2.58. The van der Waals surface area contributed by atoms with Crippen LogP contribution in [0, 0.1) is 34.5 Å². The van der Waals surface area contributed by atoms with Crippen LogP contribution in [0.1, 0.15) is 104 Å². The van der Waals surface area contributed by atoms with E-state index in [1.165, 1.54) is 18.4 Å². The molecule has 8 atom stereocenters. The molecule has 1 saturated heterocycles. The molecule has 3 aliphatic carbocycles. The van der Waals surface area contributed by atoms with Gasteiger partial charge in [-0.3, -0.25) is 19.2 Å². The summed E-state index contributed by atoms with van der Waals surface area (Å²) in [5.41, 5.74) is -0.101. The van der Waals surface area contributed by atoms with Gasteiger partial charge in [0.1, 0.15) is 34.4 Å². The molecule has 3 aromatic rings. The van der Waals surface area contributed by atoms with Crippen molar-refractivity contribution in [3.8, 4) is 22.9 Å². The van der Waals surface area contributed by atoms with Crippen LogP contribution in [0.2, 0.25) is 5.02 Å². The number of hydrogen-bond acceptors (Lipinski definition) is 10. The number of pyridine rings is 1. The first kappa shape index (κ1) is 39.5. The lowest BCUT2D eigenvalue weighted by atomic mass is 9.77. The van der Waals surface area contributed by atoms with Crippen molar-refractivity contribution >= 4 is 57.5 Å². The SMILES string of the molecule is CC[C@@H]1C[C@]1(CC(=O)[C@@H]1C[C@@H](Oc2cc(-c3csc(C(C)C)n3)nc3c(Cl)c(OC)ccc23)CN1C(=O)[C@@H](CC(=O)OC1C[C@@H]2C[C@@H]2C1)C(C)(C)C)C(=O)O. The molecule has 0 radical (unpaired) electrons. The minimum Gasteiger partial charge on any atom is -0.495 e. The first-order chi connectivity index (χ1) is 26.0. The van der Waals surface area contributed by atoms with Crippen molar-refractivity contribution in [1.82, 2.24) is 14.9 Å². The summed E-state index contributed by atoms with van der Waals surface area (Å²) in [6.07, 6.45) is 3.15. The number of methoxy groups -OCH3 is 1. The minimum atomic E-state index is -1.14. The molecule has 4 fully saturated rings. The Kier molecular flexibility index (Phi) is 10.7. The summed E-state index contributed by atoms with van der Waals surface area (Å²) >= 11 is 8.37. The fourth-order valence-electron chi connectivity index (χ4n) is 8.90. The molecule has 2 aromatic heterocycles. The van der Waals surface area contributed by atoms with Crippen molar-refractivity contribution in [2.24, 2.45) is 34.5 Å². The van der Waals surface area contributed by atoms with Gasteiger partial charge in [-0.1, -0.05) is 59.6 Å². The first-order valence-electron chi connectivity index (χ1n) is 19.6. The number of carbonyl (C=O) groups is 4. The molecular formula is C42H52ClN3O8S. The summed E-state index contributed by atoms with van der Waals surface area (Å²) in [6, 6.07) is 4.43. The molecule has 0 spiro atoms. The lowest BCUT2D eigenvalue weighted by Crippen LogP contribution is -2.48. The van der Waals surface area contributed by atoms with Crippen LogP contribution < -0.4 is 9.47 Å². The van der Waals surface area contributed by atoms with E-state index >= 15 is 0 Å². The Balaban J connectivity index is 1.20. The Labute approximate surface area is 331 Å². The van der Waals surface area contributed by atoms with Gasteiger partial charge in [-0.25, -0.2) is 9.97 Å². The number of benzene rings is 1. The van der Waals surface area contributed by atoms with E-state index in [1.807, 2.05) is 45.2 Å². The fraction of sp³-hybridized carbons (Fsp3) is 0.619. The molecule has 55 heavy (non-hydrogen) atoms. The van der Waals surface area contributed by atoms with Gasteiger partial charge in [0.05, 0.1) is 53.7 Å². The Hall–Kier alpha value is -3.77. The van der Waals surface area contributed by atoms with Gasteiger partial charge in [0.2, 0.25) is 5.91 Å². The monoisotopic (exact) mass is 793 g/mol. The molecule has 1 amide bonds. The molecule has 1 N–H and O–H groups in total. The zero-order valence-electron chi connectivity index (χ0n) is 32.7. The number of carboxylic acid groups (broad SMARTS) is 1. The van der Waals surface area contributed by atoms with Gasteiger partial charge in [-0.05, 0) is 61.0 Å². The van der Waals surface area contributed by atoms with Crippen molar-refractivity contribution < 1.29 is 38.5 Å². The maximum absolute atomic E-state index is 14.7. The first-order valence-corrected chi connectivity index (χ1v) is 20.8. The van der Waals surface area contributed by atoms with Crippen molar-refractivity contribution in [1.29, 1.82) is 0 Å². The zero-order valence-corrected chi connectivity index (χ0v) is 34.3. The number of aromatic nitrogens is 2. The Morgan fingerprint density at radius 1 is 1.04 bits per heavy atom. The van der Waals surface area contributed by atoms with E-state index in [1.54, 1.807) is 17.4 Å². The zero-order chi connectivity index (χ0) is 39.6. The summed E-state index contributed by atoms with van der Waals surface area (Å²) in [5.74, 6) is -0.505. The van der Waals surface area contributed by atoms with Crippen molar-refractivity contribution in [3.05, 3.63) is 33.6 Å². The molecule has 1 aromatic carbocycles. The van der Waals surface area contributed by atoms with Gasteiger partial charge in [0, 0.05) is 35.6 Å². The molecule has 3 saturated carbocycles. The number of ketones is 1. The molecule has 4 aliphatic rings. The van der Waals surface area contributed by atoms with E-state index in [2.05, 4.69) is 13.8 Å². The van der Waals surface area contributed by atoms with Crippen LogP contribution in [0.3, 0.4) is 0 Å². The molecule has 1 unspecified atom stereocenters. The van der Waals surface area contributed by atoms with E-state index in [-0.39, 0.29) is 55.4 Å². The quantitative estimate of drug-likeness (QED) is 0.158. The standard InChI is InChI=1S/C42H52ClN3O8S/c1-8-24-17-42(24,40(50)51)18-32(47)31-14-26(19-46(31)39(49)28(41(4,5)6)15-35(48)54-25-12-22-11-23(22)13-25)53-34-16-29(30-20-55-38(45-30)21(2)3)44-37-27(34)9-10-33(52-7)36(37)43/h9-10,16,20-26,28,31H,8,11-15,17-19H2,1-7H3,(H,50,51)/t22-,23+,24-,25?,26-,28-,31+,42-/m1/s1. The molecule has 3 heterocycles. The van der Waals surface area contributed by atoms with Crippen molar-refractivity contribution in [2.75, 3.05) is 13.7 Å². The number of ether oxygens (including phenoxy) is 3. The Morgan fingerprint density at radius 2 is 1.76 bits per heavy atom. The Bertz CT molecular complexity index is 2000. The number of likely N-dealkylation sites (tertiary alicyclic amines) is 1. The van der Waals surface area contributed by atoms with Gasteiger partial charge in [-0.2, -0.15) is 0 Å². The number of carboxylic acids is 1. The van der Waals surface area contributed by atoms with Crippen LogP contribution in [0.15, 0.2) is 23.6 Å². The predicted molar refractivity (Wildman–Crippen MR) is 209 cm³/mol. The topological polar surface area (TPSA) is 145 Å². The van der Waals surface area contributed by atoms with Gasteiger partial charge >= 0.3 is 11.9 Å². The van der Waals surface area contributed by atoms with Crippen molar-refractivity contribution in [2.45, 2.75) is 117 Å². The van der Waals surface area contributed by atoms with Crippen LogP contribution >= 0.6 is 22.9 Å². The van der Waals surface area contributed by atoms with Crippen LogP contribution in [-0.2, 0) is 23.9 Å². The third-order valence-electron chi connectivity index (χ3n) is 12.4. The number of esters is 1. The second kappa shape index (κ2) is 15.0. The smallest absolute Gasteiger partial charge is 0.310 e. The number of rotatable bonds is 14. The summed E-state index contributed by atoms with van der Waals surface area (Å²) in [5, 5.41) is 14.1.